The predicted molar refractivity (Wildman–Crippen MR) is 67.4 cm³/mol. The Balaban J connectivity index is 2.02. The molecule has 88 valence electrons. The van der Waals surface area contributed by atoms with E-state index >= 15 is 0 Å². The third kappa shape index (κ3) is 2.01. The molecule has 2 aromatic heterocycles. The van der Waals surface area contributed by atoms with Gasteiger partial charge in [0.2, 0.25) is 5.56 Å². The van der Waals surface area contributed by atoms with Gasteiger partial charge in [-0.15, -0.1) is 0 Å². The first kappa shape index (κ1) is 10.3. The van der Waals surface area contributed by atoms with E-state index in [0.29, 0.717) is 5.65 Å². The Morgan fingerprint density at radius 1 is 1.12 bits per heavy atom. The summed E-state index contributed by atoms with van der Waals surface area (Å²) in [6.07, 6.45) is 0. The van der Waals surface area contributed by atoms with Crippen molar-refractivity contribution in [3.05, 3.63) is 34.6 Å². The Morgan fingerprint density at radius 2 is 1.88 bits per heavy atom. The normalized spacial score (nSPS) is 16.4. The molecule has 0 aromatic carbocycles. The fourth-order valence-electron chi connectivity index (χ4n) is 2.09. The smallest absolute Gasteiger partial charge is 0.249 e. The van der Waals surface area contributed by atoms with Crippen molar-refractivity contribution in [3.63, 3.8) is 0 Å². The Morgan fingerprint density at radius 3 is 2.71 bits per heavy atom. The van der Waals surface area contributed by atoms with Gasteiger partial charge in [0.15, 0.2) is 0 Å². The second kappa shape index (κ2) is 4.18. The molecule has 1 fully saturated rings. The number of fused-ring (bicyclic) bond motifs is 1. The molecule has 0 saturated carbocycles. The topological polar surface area (TPSA) is 61.0 Å². The van der Waals surface area contributed by atoms with Gasteiger partial charge in [-0.2, -0.15) is 0 Å². The molecule has 2 aromatic rings. The highest BCUT2D eigenvalue weighted by molar-refractivity contribution is 5.76. The van der Waals surface area contributed by atoms with Gasteiger partial charge in [-0.05, 0) is 18.2 Å². The lowest BCUT2D eigenvalue weighted by Crippen LogP contribution is -2.43. The van der Waals surface area contributed by atoms with E-state index in [9.17, 15) is 4.79 Å². The zero-order valence-electron chi connectivity index (χ0n) is 9.44. The summed E-state index contributed by atoms with van der Waals surface area (Å²) in [6, 6.07) is 7.32. The van der Waals surface area contributed by atoms with Crippen LogP contribution in [0.1, 0.15) is 0 Å². The maximum atomic E-state index is 11.3. The Labute approximate surface area is 98.5 Å². The molecule has 0 atom stereocenters. The second-order valence-electron chi connectivity index (χ2n) is 4.17. The number of aromatic nitrogens is 2. The highest BCUT2D eigenvalue weighted by atomic mass is 16.1. The fraction of sp³-hybridized carbons (Fsp3) is 0.333. The van der Waals surface area contributed by atoms with Crippen molar-refractivity contribution in [2.24, 2.45) is 0 Å². The van der Waals surface area contributed by atoms with Gasteiger partial charge < -0.3 is 15.2 Å². The van der Waals surface area contributed by atoms with Crippen LogP contribution < -0.4 is 15.8 Å². The molecule has 3 heterocycles. The summed E-state index contributed by atoms with van der Waals surface area (Å²) >= 11 is 0. The summed E-state index contributed by atoms with van der Waals surface area (Å²) in [7, 11) is 0. The van der Waals surface area contributed by atoms with Crippen molar-refractivity contribution in [2.45, 2.75) is 0 Å². The molecule has 0 bridgehead atoms. The van der Waals surface area contributed by atoms with Crippen LogP contribution in [0.15, 0.2) is 29.1 Å². The van der Waals surface area contributed by atoms with Crippen LogP contribution in [-0.2, 0) is 0 Å². The summed E-state index contributed by atoms with van der Waals surface area (Å²) in [5.74, 6) is 0.931. The van der Waals surface area contributed by atoms with Crippen LogP contribution in [-0.4, -0.2) is 36.1 Å². The number of H-pyrrole nitrogens is 1. The molecule has 1 aliphatic heterocycles. The molecule has 0 radical (unpaired) electrons. The number of rotatable bonds is 1. The molecule has 5 nitrogen and oxygen atoms in total. The fourth-order valence-corrected chi connectivity index (χ4v) is 2.09. The summed E-state index contributed by atoms with van der Waals surface area (Å²) in [4.78, 5) is 20.7. The van der Waals surface area contributed by atoms with E-state index in [1.165, 1.54) is 6.07 Å². The van der Waals surface area contributed by atoms with Crippen LogP contribution in [0.5, 0.6) is 0 Å². The zero-order valence-corrected chi connectivity index (χ0v) is 9.44. The van der Waals surface area contributed by atoms with E-state index < -0.39 is 0 Å². The molecule has 5 heteroatoms. The largest absolute Gasteiger partial charge is 0.354 e. The molecule has 3 rings (SSSR count). The first-order valence-electron chi connectivity index (χ1n) is 5.79. The predicted octanol–water partition coefficient (Wildman–Crippen LogP) is 0.333. The monoisotopic (exact) mass is 230 g/mol. The van der Waals surface area contributed by atoms with Crippen molar-refractivity contribution >= 4 is 16.9 Å². The van der Waals surface area contributed by atoms with Gasteiger partial charge in [0.05, 0.1) is 0 Å². The van der Waals surface area contributed by atoms with Gasteiger partial charge in [0, 0.05) is 37.6 Å². The molecule has 1 aliphatic rings. The Kier molecular flexibility index (Phi) is 2.53. The standard InChI is InChI=1S/C12H14N4O/c17-11-4-2-9-1-3-10(14-12(9)15-11)16-7-5-13-6-8-16/h1-4,13H,5-8H2,(H,14,15,17). The first-order valence-corrected chi connectivity index (χ1v) is 5.79. The van der Waals surface area contributed by atoms with Crippen LogP contribution in [0.3, 0.4) is 0 Å². The van der Waals surface area contributed by atoms with E-state index in [-0.39, 0.29) is 5.56 Å². The van der Waals surface area contributed by atoms with Crippen LogP contribution in [0.25, 0.3) is 11.0 Å². The van der Waals surface area contributed by atoms with Gasteiger partial charge in [-0.3, -0.25) is 4.79 Å². The number of pyridine rings is 2. The molecule has 2 N–H and O–H groups in total. The van der Waals surface area contributed by atoms with E-state index in [2.05, 4.69) is 20.2 Å². The molecule has 17 heavy (non-hydrogen) atoms. The summed E-state index contributed by atoms with van der Waals surface area (Å²) in [6.45, 7) is 3.86. The maximum absolute atomic E-state index is 11.3. The molecule has 1 saturated heterocycles. The average Bonchev–Trinajstić information content (AvgIpc) is 2.39. The minimum absolute atomic E-state index is 0.109. The Hall–Kier alpha value is -1.88. The summed E-state index contributed by atoms with van der Waals surface area (Å²) in [5.41, 5.74) is 0.552. The number of hydrogen-bond acceptors (Lipinski definition) is 4. The third-order valence-corrected chi connectivity index (χ3v) is 3.01. The van der Waals surface area contributed by atoms with Gasteiger partial charge in [-0.1, -0.05) is 0 Å². The molecule has 0 aliphatic carbocycles. The van der Waals surface area contributed by atoms with Gasteiger partial charge >= 0.3 is 0 Å². The summed E-state index contributed by atoms with van der Waals surface area (Å²) < 4.78 is 0. The van der Waals surface area contributed by atoms with E-state index in [1.807, 2.05) is 12.1 Å². The van der Waals surface area contributed by atoms with Crippen molar-refractivity contribution in [1.82, 2.24) is 15.3 Å². The lowest BCUT2D eigenvalue weighted by atomic mass is 10.2. The number of piperazine rings is 1. The Bertz CT molecular complexity index is 586. The first-order chi connectivity index (χ1) is 8.33. The minimum Gasteiger partial charge on any atom is -0.354 e. The molecule has 0 unspecified atom stereocenters. The maximum Gasteiger partial charge on any atom is 0.249 e. The molecule has 0 spiro atoms. The van der Waals surface area contributed by atoms with Crippen LogP contribution in [0.2, 0.25) is 0 Å². The minimum atomic E-state index is -0.109. The van der Waals surface area contributed by atoms with Crippen LogP contribution in [0, 0.1) is 0 Å². The van der Waals surface area contributed by atoms with Gasteiger partial charge in [0.1, 0.15) is 11.5 Å². The third-order valence-electron chi connectivity index (χ3n) is 3.01. The number of nitrogens with one attached hydrogen (secondary N) is 2. The average molecular weight is 230 g/mol. The van der Waals surface area contributed by atoms with Crippen LogP contribution >= 0.6 is 0 Å². The van der Waals surface area contributed by atoms with Crippen molar-refractivity contribution in [2.75, 3.05) is 31.1 Å². The second-order valence-corrected chi connectivity index (χ2v) is 4.17. The molecular weight excluding hydrogens is 216 g/mol. The highest BCUT2D eigenvalue weighted by Gasteiger charge is 2.11. The quantitative estimate of drug-likeness (QED) is 0.741. The molecule has 0 amide bonds. The number of hydrogen-bond donors (Lipinski definition) is 2. The lowest BCUT2D eigenvalue weighted by molar-refractivity contribution is 0.585. The number of aromatic amines is 1. The van der Waals surface area contributed by atoms with E-state index in [1.54, 1.807) is 6.07 Å². The number of nitrogens with zero attached hydrogens (tertiary/aromatic N) is 2. The van der Waals surface area contributed by atoms with E-state index in [4.69, 9.17) is 0 Å². The zero-order chi connectivity index (χ0) is 11.7. The van der Waals surface area contributed by atoms with Crippen molar-refractivity contribution in [3.8, 4) is 0 Å². The number of anilines is 1. The van der Waals surface area contributed by atoms with E-state index in [0.717, 1.165) is 37.4 Å². The van der Waals surface area contributed by atoms with Crippen LogP contribution in [0.4, 0.5) is 5.82 Å². The molecular formula is C12H14N4O. The van der Waals surface area contributed by atoms with Crippen molar-refractivity contribution < 1.29 is 0 Å². The van der Waals surface area contributed by atoms with Gasteiger partial charge in [-0.25, -0.2) is 4.98 Å². The SMILES string of the molecule is O=c1ccc2ccc(N3CCNCC3)nc2[nH]1. The summed E-state index contributed by atoms with van der Waals surface area (Å²) in [5, 5.41) is 4.27. The van der Waals surface area contributed by atoms with Gasteiger partial charge in [0.25, 0.3) is 0 Å². The highest BCUT2D eigenvalue weighted by Crippen LogP contribution is 2.15. The van der Waals surface area contributed by atoms with Crippen molar-refractivity contribution in [1.29, 1.82) is 0 Å². The lowest BCUT2D eigenvalue weighted by Gasteiger charge is -2.28.